The summed E-state index contributed by atoms with van der Waals surface area (Å²) in [6, 6.07) is 5.35. The quantitative estimate of drug-likeness (QED) is 0.649. The molecule has 0 saturated heterocycles. The lowest BCUT2D eigenvalue weighted by Gasteiger charge is -2.06. The zero-order valence-corrected chi connectivity index (χ0v) is 13.2. The van der Waals surface area contributed by atoms with Crippen LogP contribution in [0.1, 0.15) is 12.0 Å². The van der Waals surface area contributed by atoms with Gasteiger partial charge in [0.15, 0.2) is 7.05 Å². The largest absolute Gasteiger partial charge is 0.441 e. The van der Waals surface area contributed by atoms with Crippen LogP contribution in [0.2, 0.25) is 5.02 Å². The number of nitrogens with zero attached hydrogens (tertiary/aromatic N) is 1. The molecular formula is C13H15ClN3O3S+. The summed E-state index contributed by atoms with van der Waals surface area (Å²) in [4.78, 5) is 23.1. The lowest BCUT2D eigenvalue weighted by Crippen LogP contribution is -2.33. The fraction of sp³-hybridized carbons (Fsp3) is 0.308. The fourth-order valence-electron chi connectivity index (χ4n) is 1.62. The van der Waals surface area contributed by atoms with Gasteiger partial charge in [-0.05, 0) is 41.7 Å². The predicted octanol–water partition coefficient (Wildman–Crippen LogP) is 1.88. The Morgan fingerprint density at radius 1 is 1.52 bits per heavy atom. The van der Waals surface area contributed by atoms with Crippen molar-refractivity contribution in [1.82, 2.24) is 5.27 Å². The Labute approximate surface area is 130 Å². The lowest BCUT2D eigenvalue weighted by atomic mass is 10.2. The molecule has 0 atom stereocenters. The van der Waals surface area contributed by atoms with E-state index in [9.17, 15) is 9.59 Å². The number of aromatic nitrogens is 2. The third kappa shape index (κ3) is 4.12. The van der Waals surface area contributed by atoms with Gasteiger partial charge in [-0.15, -0.1) is 0 Å². The molecule has 0 fully saturated rings. The van der Waals surface area contributed by atoms with Crippen molar-refractivity contribution in [3.8, 4) is 0 Å². The van der Waals surface area contributed by atoms with Gasteiger partial charge in [0.25, 0.3) is 0 Å². The number of anilines is 1. The normalized spacial score (nSPS) is 10.6. The molecule has 2 N–H and O–H groups in total. The summed E-state index contributed by atoms with van der Waals surface area (Å²) in [6.45, 7) is 1.90. The first-order valence-electron chi connectivity index (χ1n) is 6.23. The van der Waals surface area contributed by atoms with E-state index in [1.54, 1.807) is 19.2 Å². The van der Waals surface area contributed by atoms with Gasteiger partial charge in [0, 0.05) is 22.9 Å². The van der Waals surface area contributed by atoms with Crippen LogP contribution in [0, 0.1) is 6.92 Å². The van der Waals surface area contributed by atoms with E-state index in [0.29, 0.717) is 21.5 Å². The number of nitrogens with one attached hydrogen (secondary N) is 2. The summed E-state index contributed by atoms with van der Waals surface area (Å²) < 4.78 is 6.10. The number of carbonyl (C=O) groups is 1. The molecule has 2 rings (SSSR count). The second kappa shape index (κ2) is 6.82. The standard InChI is InChI=1S/C13H14ClN3O3S/c1-8-3-4-9(7-10(8)14)15-11(18)5-6-21-12-13(19)20-16-17(12)2/h3-4,7H,5-6H2,1-2H3,(H-,15,16,18,19)/p+1. The van der Waals surface area contributed by atoms with Gasteiger partial charge < -0.3 is 5.32 Å². The van der Waals surface area contributed by atoms with Gasteiger partial charge >= 0.3 is 10.7 Å². The molecule has 0 radical (unpaired) electrons. The van der Waals surface area contributed by atoms with Crippen molar-refractivity contribution < 1.29 is 14.0 Å². The fourth-order valence-corrected chi connectivity index (χ4v) is 2.67. The Morgan fingerprint density at radius 2 is 2.29 bits per heavy atom. The van der Waals surface area contributed by atoms with Crippen LogP contribution in [0.3, 0.4) is 0 Å². The first-order valence-corrected chi connectivity index (χ1v) is 7.60. The maximum atomic E-state index is 11.8. The molecule has 0 aliphatic carbocycles. The van der Waals surface area contributed by atoms with Gasteiger partial charge in [0.2, 0.25) is 5.91 Å². The highest BCUT2D eigenvalue weighted by Crippen LogP contribution is 2.20. The third-order valence-electron chi connectivity index (χ3n) is 2.78. The zero-order chi connectivity index (χ0) is 15.4. The molecular weight excluding hydrogens is 314 g/mol. The van der Waals surface area contributed by atoms with E-state index in [-0.39, 0.29) is 12.3 Å². The molecule has 6 nitrogen and oxygen atoms in total. The number of aryl methyl sites for hydroxylation is 2. The van der Waals surface area contributed by atoms with Crippen LogP contribution < -0.4 is 15.6 Å². The maximum absolute atomic E-state index is 11.8. The summed E-state index contributed by atoms with van der Waals surface area (Å²) in [5.74, 6) is 0.340. The molecule has 1 heterocycles. The number of aromatic amines is 1. The monoisotopic (exact) mass is 328 g/mol. The SMILES string of the molecule is Cc1ccc(NC(=O)CCSc2c(=O)o[nH][n+]2C)cc1Cl. The lowest BCUT2D eigenvalue weighted by molar-refractivity contribution is -0.772. The second-order valence-electron chi connectivity index (χ2n) is 4.46. The Kier molecular flexibility index (Phi) is 5.08. The Hall–Kier alpha value is -1.73. The molecule has 1 aromatic carbocycles. The first-order chi connectivity index (χ1) is 9.97. The summed E-state index contributed by atoms with van der Waals surface area (Å²) in [5.41, 5.74) is 1.18. The van der Waals surface area contributed by atoms with Gasteiger partial charge in [-0.1, -0.05) is 22.3 Å². The molecule has 0 unspecified atom stereocenters. The number of benzene rings is 1. The summed E-state index contributed by atoms with van der Waals surface area (Å²) in [5, 5.41) is 6.23. The molecule has 0 aliphatic heterocycles. The molecule has 2 aromatic rings. The average molecular weight is 329 g/mol. The van der Waals surface area contributed by atoms with E-state index in [0.717, 1.165) is 5.56 Å². The van der Waals surface area contributed by atoms with Gasteiger partial charge in [-0.25, -0.2) is 4.79 Å². The number of H-pyrrole nitrogens is 1. The van der Waals surface area contributed by atoms with Crippen molar-refractivity contribution >= 4 is 35.0 Å². The van der Waals surface area contributed by atoms with Crippen LogP contribution in [0.4, 0.5) is 5.69 Å². The van der Waals surface area contributed by atoms with Crippen molar-refractivity contribution in [1.29, 1.82) is 0 Å². The molecule has 8 heteroatoms. The highest BCUT2D eigenvalue weighted by molar-refractivity contribution is 7.99. The van der Waals surface area contributed by atoms with Gasteiger partial charge in [0.1, 0.15) is 0 Å². The number of hydrogen-bond acceptors (Lipinski definition) is 4. The number of amides is 1. The van der Waals surface area contributed by atoms with Crippen molar-refractivity contribution in [3.05, 3.63) is 39.2 Å². The second-order valence-corrected chi connectivity index (χ2v) is 5.95. The summed E-state index contributed by atoms with van der Waals surface area (Å²) in [6.07, 6.45) is 0.279. The number of rotatable bonds is 5. The van der Waals surface area contributed by atoms with Crippen LogP contribution in [-0.2, 0) is 11.8 Å². The minimum atomic E-state index is -0.437. The predicted molar refractivity (Wildman–Crippen MR) is 80.7 cm³/mol. The molecule has 112 valence electrons. The van der Waals surface area contributed by atoms with E-state index in [2.05, 4.69) is 15.1 Å². The Morgan fingerprint density at radius 3 is 2.90 bits per heavy atom. The van der Waals surface area contributed by atoms with Crippen molar-refractivity contribution in [3.63, 3.8) is 0 Å². The number of carbonyl (C=O) groups excluding carboxylic acids is 1. The molecule has 21 heavy (non-hydrogen) atoms. The number of thioether (sulfide) groups is 1. The van der Waals surface area contributed by atoms with E-state index in [1.807, 2.05) is 13.0 Å². The zero-order valence-electron chi connectivity index (χ0n) is 11.6. The van der Waals surface area contributed by atoms with Crippen molar-refractivity contribution in [2.75, 3.05) is 11.1 Å². The van der Waals surface area contributed by atoms with E-state index in [1.165, 1.54) is 16.4 Å². The highest BCUT2D eigenvalue weighted by atomic mass is 35.5. The molecule has 0 bridgehead atoms. The number of hydrogen-bond donors (Lipinski definition) is 2. The molecule has 0 saturated carbocycles. The maximum Gasteiger partial charge on any atom is 0.441 e. The van der Waals surface area contributed by atoms with Crippen LogP contribution in [0.25, 0.3) is 0 Å². The Balaban J connectivity index is 1.85. The van der Waals surface area contributed by atoms with E-state index in [4.69, 9.17) is 11.6 Å². The minimum absolute atomic E-state index is 0.134. The van der Waals surface area contributed by atoms with Gasteiger partial charge in [-0.3, -0.25) is 9.32 Å². The van der Waals surface area contributed by atoms with Crippen LogP contribution in [-0.4, -0.2) is 16.9 Å². The van der Waals surface area contributed by atoms with Gasteiger partial charge in [0.05, 0.1) is 0 Å². The Bertz CT molecular complexity index is 711. The third-order valence-corrected chi connectivity index (χ3v) is 4.31. The van der Waals surface area contributed by atoms with Crippen LogP contribution >= 0.6 is 23.4 Å². The first kappa shape index (κ1) is 15.7. The smallest absolute Gasteiger partial charge is 0.326 e. The summed E-state index contributed by atoms with van der Waals surface area (Å²) >= 11 is 7.26. The topological polar surface area (TPSA) is 79.0 Å². The van der Waals surface area contributed by atoms with Crippen molar-refractivity contribution in [2.45, 2.75) is 18.4 Å². The van der Waals surface area contributed by atoms with Crippen molar-refractivity contribution in [2.24, 2.45) is 7.05 Å². The van der Waals surface area contributed by atoms with Crippen LogP contribution in [0.5, 0.6) is 0 Å². The molecule has 1 amide bonds. The van der Waals surface area contributed by atoms with Gasteiger partial charge in [-0.2, -0.15) is 0 Å². The van der Waals surface area contributed by atoms with Crippen LogP contribution in [0.15, 0.2) is 32.5 Å². The summed E-state index contributed by atoms with van der Waals surface area (Å²) in [7, 11) is 1.67. The number of halogens is 1. The molecule has 0 spiro atoms. The highest BCUT2D eigenvalue weighted by Gasteiger charge is 2.18. The molecule has 0 aliphatic rings. The van der Waals surface area contributed by atoms with E-state index >= 15 is 0 Å². The average Bonchev–Trinajstić information content (AvgIpc) is 2.74. The van der Waals surface area contributed by atoms with E-state index < -0.39 is 5.63 Å². The minimum Gasteiger partial charge on any atom is -0.326 e. The molecule has 1 aromatic heterocycles.